The molecule has 1 aliphatic carbocycles. The van der Waals surface area contributed by atoms with E-state index >= 15 is 0 Å². The first-order valence-corrected chi connectivity index (χ1v) is 9.16. The van der Waals surface area contributed by atoms with Crippen LogP contribution in [0.15, 0.2) is 16.9 Å². The summed E-state index contributed by atoms with van der Waals surface area (Å²) in [6.07, 6.45) is 6.16. The number of aryl methyl sites for hydroxylation is 1. The number of fused-ring (bicyclic) bond motifs is 1. The Morgan fingerprint density at radius 1 is 1.28 bits per heavy atom. The fraction of sp³-hybridized carbons (Fsp3) is 0.667. The van der Waals surface area contributed by atoms with Crippen LogP contribution in [0.25, 0.3) is 0 Å². The number of likely N-dealkylation sites (tertiary alicyclic amines) is 1. The average molecular weight is 347 g/mol. The Hall–Kier alpha value is -2.18. The highest BCUT2D eigenvalue weighted by Gasteiger charge is 2.48. The maximum Gasteiger partial charge on any atom is 0.326 e. The van der Waals surface area contributed by atoms with E-state index in [-0.39, 0.29) is 29.1 Å². The molecule has 0 radical (unpaired) electrons. The Kier molecular flexibility index (Phi) is 5.20. The van der Waals surface area contributed by atoms with Gasteiger partial charge in [0.2, 0.25) is 0 Å². The lowest BCUT2D eigenvalue weighted by atomic mass is 9.84. The van der Waals surface area contributed by atoms with Crippen molar-refractivity contribution >= 4 is 11.9 Å². The number of unbranched alkanes of at least 4 members (excludes halogenated alkanes) is 1. The van der Waals surface area contributed by atoms with Crippen LogP contribution in [0.5, 0.6) is 0 Å². The van der Waals surface area contributed by atoms with Crippen molar-refractivity contribution < 1.29 is 14.7 Å². The number of hydrogen-bond donors (Lipinski definition) is 1. The third-order valence-corrected chi connectivity index (χ3v) is 5.42. The van der Waals surface area contributed by atoms with Gasteiger partial charge in [0.05, 0.1) is 0 Å². The van der Waals surface area contributed by atoms with Gasteiger partial charge in [0.25, 0.3) is 11.5 Å². The van der Waals surface area contributed by atoms with E-state index in [1.807, 2.05) is 6.92 Å². The SMILES string of the molecule is CCCCn1nc(C(=O)N2[C@H](C(=O)O)C[C@@H]3CCCC[C@@H]32)ccc1=O. The van der Waals surface area contributed by atoms with Gasteiger partial charge in [0.1, 0.15) is 11.7 Å². The number of amides is 1. The van der Waals surface area contributed by atoms with Gasteiger partial charge in [-0.3, -0.25) is 9.59 Å². The highest BCUT2D eigenvalue weighted by molar-refractivity contribution is 5.95. The molecule has 1 saturated heterocycles. The molecule has 2 fully saturated rings. The van der Waals surface area contributed by atoms with E-state index in [1.165, 1.54) is 21.7 Å². The second-order valence-corrected chi connectivity index (χ2v) is 7.05. The largest absolute Gasteiger partial charge is 0.480 e. The molecule has 3 atom stereocenters. The van der Waals surface area contributed by atoms with Gasteiger partial charge in [0.15, 0.2) is 0 Å². The molecule has 3 rings (SSSR count). The first kappa shape index (κ1) is 17.6. The van der Waals surface area contributed by atoms with Gasteiger partial charge >= 0.3 is 5.97 Å². The van der Waals surface area contributed by atoms with E-state index in [2.05, 4.69) is 5.10 Å². The van der Waals surface area contributed by atoms with Crippen molar-refractivity contribution in [2.45, 2.75) is 70.5 Å². The number of aliphatic carboxylic acids is 1. The summed E-state index contributed by atoms with van der Waals surface area (Å²) in [6.45, 7) is 2.48. The summed E-state index contributed by atoms with van der Waals surface area (Å²) in [4.78, 5) is 38.1. The monoisotopic (exact) mass is 347 g/mol. The van der Waals surface area contributed by atoms with Crippen molar-refractivity contribution in [3.05, 3.63) is 28.2 Å². The average Bonchev–Trinajstić information content (AvgIpc) is 3.00. The van der Waals surface area contributed by atoms with Crippen LogP contribution in [0.1, 0.15) is 62.4 Å². The minimum atomic E-state index is -0.956. The number of nitrogens with zero attached hydrogens (tertiary/aromatic N) is 3. The molecule has 1 aliphatic heterocycles. The number of carbonyl (C=O) groups is 2. The summed E-state index contributed by atoms with van der Waals surface area (Å²) in [5.41, 5.74) is -0.0788. The lowest BCUT2D eigenvalue weighted by Gasteiger charge is -2.32. The normalized spacial score (nSPS) is 25.6. The van der Waals surface area contributed by atoms with Crippen LogP contribution in [0.4, 0.5) is 0 Å². The van der Waals surface area contributed by atoms with Crippen LogP contribution in [0, 0.1) is 5.92 Å². The standard InChI is InChI=1S/C18H25N3O4/c1-2-3-10-20-16(22)9-8-13(19-20)17(23)21-14-7-5-4-6-12(14)11-15(21)18(24)25/h8-9,12,14-15H,2-7,10-11H2,1H3,(H,24,25)/t12-,14-,15-/m0/s1. The predicted octanol–water partition coefficient (Wildman–Crippen LogP) is 1.90. The molecule has 136 valence electrons. The first-order chi connectivity index (χ1) is 12.0. The number of carbonyl (C=O) groups excluding carboxylic acids is 1. The molecule has 2 heterocycles. The zero-order valence-corrected chi connectivity index (χ0v) is 14.6. The predicted molar refractivity (Wildman–Crippen MR) is 91.4 cm³/mol. The third-order valence-electron chi connectivity index (χ3n) is 5.42. The molecule has 2 aliphatic rings. The van der Waals surface area contributed by atoms with Gasteiger partial charge in [-0.15, -0.1) is 0 Å². The summed E-state index contributed by atoms with van der Waals surface area (Å²) in [5.74, 6) is -1.07. The van der Waals surface area contributed by atoms with Gasteiger partial charge in [-0.2, -0.15) is 5.10 Å². The summed E-state index contributed by atoms with van der Waals surface area (Å²) >= 11 is 0. The Morgan fingerprint density at radius 3 is 2.76 bits per heavy atom. The minimum Gasteiger partial charge on any atom is -0.480 e. The van der Waals surface area contributed by atoms with Gasteiger partial charge in [-0.1, -0.05) is 26.2 Å². The number of rotatable bonds is 5. The van der Waals surface area contributed by atoms with E-state index in [0.29, 0.717) is 13.0 Å². The second-order valence-electron chi connectivity index (χ2n) is 7.05. The first-order valence-electron chi connectivity index (χ1n) is 9.16. The minimum absolute atomic E-state index is 0.0276. The molecule has 1 aromatic rings. The topological polar surface area (TPSA) is 92.5 Å². The Labute approximate surface area is 146 Å². The van der Waals surface area contributed by atoms with Crippen LogP contribution in [0.2, 0.25) is 0 Å². The number of aromatic nitrogens is 2. The van der Waals surface area contributed by atoms with E-state index in [0.717, 1.165) is 38.5 Å². The molecule has 0 bridgehead atoms. The van der Waals surface area contributed by atoms with Crippen LogP contribution in [-0.2, 0) is 11.3 Å². The van der Waals surface area contributed by atoms with Crippen molar-refractivity contribution in [3.63, 3.8) is 0 Å². The van der Waals surface area contributed by atoms with Gasteiger partial charge < -0.3 is 10.0 Å². The van der Waals surface area contributed by atoms with Gasteiger partial charge in [0, 0.05) is 18.7 Å². The Balaban J connectivity index is 1.89. The lowest BCUT2D eigenvalue weighted by Crippen LogP contribution is -2.47. The molecule has 1 aromatic heterocycles. The Bertz CT molecular complexity index is 715. The maximum absolute atomic E-state index is 13.0. The van der Waals surface area contributed by atoms with E-state index in [4.69, 9.17) is 0 Å². The van der Waals surface area contributed by atoms with Crippen molar-refractivity contribution in [1.29, 1.82) is 0 Å². The van der Waals surface area contributed by atoms with Crippen molar-refractivity contribution in [2.24, 2.45) is 5.92 Å². The summed E-state index contributed by atoms with van der Waals surface area (Å²) < 4.78 is 1.31. The smallest absolute Gasteiger partial charge is 0.326 e. The molecular formula is C18H25N3O4. The third kappa shape index (κ3) is 3.45. The van der Waals surface area contributed by atoms with Crippen molar-refractivity contribution in [3.8, 4) is 0 Å². The number of carboxylic acid groups (broad SMARTS) is 1. The zero-order valence-electron chi connectivity index (χ0n) is 14.6. The van der Waals surface area contributed by atoms with E-state index < -0.39 is 12.0 Å². The maximum atomic E-state index is 13.0. The molecule has 1 N–H and O–H groups in total. The van der Waals surface area contributed by atoms with Gasteiger partial charge in [-0.25, -0.2) is 9.48 Å². The molecule has 25 heavy (non-hydrogen) atoms. The lowest BCUT2D eigenvalue weighted by molar-refractivity contribution is -0.141. The highest BCUT2D eigenvalue weighted by atomic mass is 16.4. The van der Waals surface area contributed by atoms with Crippen molar-refractivity contribution in [1.82, 2.24) is 14.7 Å². The van der Waals surface area contributed by atoms with Crippen molar-refractivity contribution in [2.75, 3.05) is 0 Å². The van der Waals surface area contributed by atoms with Crippen LogP contribution < -0.4 is 5.56 Å². The molecule has 7 heteroatoms. The second kappa shape index (κ2) is 7.37. The number of carboxylic acids is 1. The highest BCUT2D eigenvalue weighted by Crippen LogP contribution is 2.40. The molecule has 0 unspecified atom stereocenters. The fourth-order valence-electron chi connectivity index (χ4n) is 4.14. The van der Waals surface area contributed by atoms with E-state index in [9.17, 15) is 19.5 Å². The molecule has 1 saturated carbocycles. The van der Waals surface area contributed by atoms with Gasteiger partial charge in [-0.05, 0) is 37.7 Å². The summed E-state index contributed by atoms with van der Waals surface area (Å²) in [7, 11) is 0. The number of hydrogen-bond acceptors (Lipinski definition) is 4. The van der Waals surface area contributed by atoms with Crippen LogP contribution in [-0.4, -0.2) is 43.7 Å². The van der Waals surface area contributed by atoms with Crippen LogP contribution in [0.3, 0.4) is 0 Å². The molecule has 0 spiro atoms. The molecular weight excluding hydrogens is 322 g/mol. The Morgan fingerprint density at radius 2 is 2.04 bits per heavy atom. The fourth-order valence-corrected chi connectivity index (χ4v) is 4.14. The molecule has 0 aromatic carbocycles. The molecule has 7 nitrogen and oxygen atoms in total. The quantitative estimate of drug-likeness (QED) is 0.878. The summed E-state index contributed by atoms with van der Waals surface area (Å²) in [6, 6.07) is 1.95. The summed E-state index contributed by atoms with van der Waals surface area (Å²) in [5, 5.41) is 13.8. The zero-order chi connectivity index (χ0) is 18.0. The molecule has 1 amide bonds. The van der Waals surface area contributed by atoms with E-state index in [1.54, 1.807) is 0 Å². The van der Waals surface area contributed by atoms with Crippen LogP contribution >= 0.6 is 0 Å².